The number of thioether (sulfide) groups is 1. The number of aromatic nitrogens is 3. The zero-order valence-corrected chi connectivity index (χ0v) is 18.2. The molecule has 0 aliphatic rings. The first-order chi connectivity index (χ1) is 14.7. The summed E-state index contributed by atoms with van der Waals surface area (Å²) in [4.78, 5) is 14.7. The van der Waals surface area contributed by atoms with Gasteiger partial charge in [-0.25, -0.2) is 14.4 Å². The number of benzene rings is 2. The molecular formula is C23H17ClFN3S2. The molecule has 2 aromatic heterocycles. The standard InChI is InChI=1S/C23H17ClFN3S2/c24-17-6-4-16(5-7-17)14-29-15-19-13-22(30-20-10-8-18(25)9-11-20)28-23(27-19)21-3-1-2-12-26-21/h1-13H,14-15H2. The lowest BCUT2D eigenvalue weighted by Gasteiger charge is -2.08. The van der Waals surface area contributed by atoms with Crippen molar-refractivity contribution in [3.63, 3.8) is 0 Å². The predicted octanol–water partition coefficient (Wildman–Crippen LogP) is 6.92. The van der Waals surface area contributed by atoms with Gasteiger partial charge in [0.2, 0.25) is 0 Å². The predicted molar refractivity (Wildman–Crippen MR) is 122 cm³/mol. The van der Waals surface area contributed by atoms with Gasteiger partial charge < -0.3 is 0 Å². The van der Waals surface area contributed by atoms with Gasteiger partial charge in [-0.2, -0.15) is 11.8 Å². The van der Waals surface area contributed by atoms with Gasteiger partial charge in [0.05, 0.1) is 5.69 Å². The second-order valence-corrected chi connectivity index (χ2v) is 8.93. The highest BCUT2D eigenvalue weighted by molar-refractivity contribution is 7.99. The minimum atomic E-state index is -0.254. The van der Waals surface area contributed by atoms with Crippen molar-refractivity contribution >= 4 is 35.1 Å². The molecule has 4 aromatic rings. The highest BCUT2D eigenvalue weighted by Gasteiger charge is 2.10. The third kappa shape index (κ3) is 5.81. The van der Waals surface area contributed by atoms with E-state index in [1.807, 2.05) is 48.5 Å². The monoisotopic (exact) mass is 453 g/mol. The summed E-state index contributed by atoms with van der Waals surface area (Å²) in [5.74, 6) is 1.93. The van der Waals surface area contributed by atoms with Crippen LogP contribution < -0.4 is 0 Å². The number of rotatable bonds is 7. The second kappa shape index (κ2) is 10.1. The van der Waals surface area contributed by atoms with Crippen molar-refractivity contribution in [1.29, 1.82) is 0 Å². The molecule has 4 rings (SSSR count). The van der Waals surface area contributed by atoms with E-state index in [1.54, 1.807) is 30.1 Å². The molecule has 150 valence electrons. The Hall–Kier alpha value is -2.41. The van der Waals surface area contributed by atoms with Crippen molar-refractivity contribution in [3.05, 3.63) is 101 Å². The van der Waals surface area contributed by atoms with Gasteiger partial charge in [-0.1, -0.05) is 41.6 Å². The lowest BCUT2D eigenvalue weighted by atomic mass is 10.2. The molecule has 0 amide bonds. The average Bonchev–Trinajstić information content (AvgIpc) is 2.77. The van der Waals surface area contributed by atoms with Crippen molar-refractivity contribution in [2.24, 2.45) is 0 Å². The van der Waals surface area contributed by atoms with E-state index in [0.29, 0.717) is 5.82 Å². The van der Waals surface area contributed by atoms with Crippen LogP contribution in [0.5, 0.6) is 0 Å². The van der Waals surface area contributed by atoms with E-state index in [1.165, 1.54) is 29.5 Å². The van der Waals surface area contributed by atoms with E-state index in [9.17, 15) is 4.39 Å². The van der Waals surface area contributed by atoms with E-state index < -0.39 is 0 Å². The van der Waals surface area contributed by atoms with Crippen LogP contribution in [0, 0.1) is 5.82 Å². The Kier molecular flexibility index (Phi) is 7.00. The third-order valence-electron chi connectivity index (χ3n) is 4.12. The molecule has 0 radical (unpaired) electrons. The van der Waals surface area contributed by atoms with Crippen LogP contribution in [0.15, 0.2) is 88.9 Å². The van der Waals surface area contributed by atoms with E-state index in [4.69, 9.17) is 16.6 Å². The van der Waals surface area contributed by atoms with Crippen LogP contribution in [0.2, 0.25) is 5.02 Å². The molecule has 0 unspecified atom stereocenters. The summed E-state index contributed by atoms with van der Waals surface area (Å²) in [5, 5.41) is 1.54. The Labute approximate surface area is 188 Å². The fourth-order valence-corrected chi connectivity index (χ4v) is 4.54. The lowest BCUT2D eigenvalue weighted by molar-refractivity contribution is 0.626. The molecule has 2 heterocycles. The fourth-order valence-electron chi connectivity index (χ4n) is 2.69. The van der Waals surface area contributed by atoms with Crippen LogP contribution in [0.4, 0.5) is 4.39 Å². The molecule has 2 aromatic carbocycles. The largest absolute Gasteiger partial charge is 0.253 e. The quantitative estimate of drug-likeness (QED) is 0.284. The molecule has 0 N–H and O–H groups in total. The summed E-state index contributed by atoms with van der Waals surface area (Å²) in [6.07, 6.45) is 1.73. The normalized spacial score (nSPS) is 10.9. The minimum Gasteiger partial charge on any atom is -0.253 e. The Bertz CT molecular complexity index is 1110. The Morgan fingerprint density at radius 2 is 1.67 bits per heavy atom. The van der Waals surface area contributed by atoms with Gasteiger partial charge in [-0.3, -0.25) is 4.98 Å². The van der Waals surface area contributed by atoms with Crippen LogP contribution >= 0.6 is 35.1 Å². The van der Waals surface area contributed by atoms with E-state index >= 15 is 0 Å². The summed E-state index contributed by atoms with van der Waals surface area (Å²) < 4.78 is 13.2. The van der Waals surface area contributed by atoms with Crippen molar-refractivity contribution in [2.75, 3.05) is 0 Å². The molecule has 0 saturated carbocycles. The van der Waals surface area contributed by atoms with Crippen LogP contribution in [0.3, 0.4) is 0 Å². The number of hydrogen-bond donors (Lipinski definition) is 0. The number of nitrogens with zero attached hydrogens (tertiary/aromatic N) is 3. The van der Waals surface area contributed by atoms with Gasteiger partial charge in [-0.15, -0.1) is 0 Å². The summed E-state index contributed by atoms with van der Waals surface area (Å²) in [6.45, 7) is 0. The van der Waals surface area contributed by atoms with E-state index in [0.717, 1.165) is 37.8 Å². The summed E-state index contributed by atoms with van der Waals surface area (Å²) in [6, 6.07) is 21.9. The molecule has 7 heteroatoms. The van der Waals surface area contributed by atoms with Crippen molar-refractivity contribution in [3.8, 4) is 11.5 Å². The molecule has 0 spiro atoms. The first kappa shape index (κ1) is 20.8. The maximum atomic E-state index is 13.2. The number of hydrogen-bond acceptors (Lipinski definition) is 5. The second-order valence-electron chi connectivity index (χ2n) is 6.41. The number of pyridine rings is 1. The highest BCUT2D eigenvalue weighted by atomic mass is 35.5. The van der Waals surface area contributed by atoms with Gasteiger partial charge >= 0.3 is 0 Å². The first-order valence-electron chi connectivity index (χ1n) is 9.21. The molecule has 0 aliphatic heterocycles. The molecule has 0 saturated heterocycles. The molecule has 0 bridgehead atoms. The van der Waals surface area contributed by atoms with E-state index in [-0.39, 0.29) is 5.82 Å². The van der Waals surface area contributed by atoms with Gasteiger partial charge in [0.15, 0.2) is 5.82 Å². The van der Waals surface area contributed by atoms with Crippen LogP contribution in [0.1, 0.15) is 11.3 Å². The molecule has 0 aliphatic carbocycles. The zero-order chi connectivity index (χ0) is 20.8. The SMILES string of the molecule is Fc1ccc(Sc2cc(CSCc3ccc(Cl)cc3)nc(-c3ccccn3)n2)cc1. The third-order valence-corrected chi connectivity index (χ3v) is 6.33. The van der Waals surface area contributed by atoms with Crippen LogP contribution in [0.25, 0.3) is 11.5 Å². The highest BCUT2D eigenvalue weighted by Crippen LogP contribution is 2.29. The fraction of sp³-hybridized carbons (Fsp3) is 0.0870. The topological polar surface area (TPSA) is 38.7 Å². The molecule has 0 atom stereocenters. The molecule has 0 fully saturated rings. The molecular weight excluding hydrogens is 437 g/mol. The molecule has 3 nitrogen and oxygen atoms in total. The van der Waals surface area contributed by atoms with Gasteiger partial charge in [0.1, 0.15) is 16.5 Å². The maximum Gasteiger partial charge on any atom is 0.179 e. The van der Waals surface area contributed by atoms with Crippen molar-refractivity contribution in [1.82, 2.24) is 15.0 Å². The smallest absolute Gasteiger partial charge is 0.179 e. The van der Waals surface area contributed by atoms with Crippen molar-refractivity contribution < 1.29 is 4.39 Å². The first-order valence-corrected chi connectivity index (χ1v) is 11.6. The Morgan fingerprint density at radius 1 is 0.867 bits per heavy atom. The summed E-state index contributed by atoms with van der Waals surface area (Å²) >= 11 is 9.21. The van der Waals surface area contributed by atoms with Gasteiger partial charge in [0.25, 0.3) is 0 Å². The van der Waals surface area contributed by atoms with Crippen LogP contribution in [-0.4, -0.2) is 15.0 Å². The zero-order valence-electron chi connectivity index (χ0n) is 15.8. The Balaban J connectivity index is 1.55. The lowest BCUT2D eigenvalue weighted by Crippen LogP contribution is -1.98. The summed E-state index contributed by atoms with van der Waals surface area (Å²) in [7, 11) is 0. The molecule has 30 heavy (non-hydrogen) atoms. The van der Waals surface area contributed by atoms with Crippen molar-refractivity contribution in [2.45, 2.75) is 21.4 Å². The minimum absolute atomic E-state index is 0.254. The maximum absolute atomic E-state index is 13.2. The number of halogens is 2. The summed E-state index contributed by atoms with van der Waals surface area (Å²) in [5.41, 5.74) is 2.86. The Morgan fingerprint density at radius 3 is 2.40 bits per heavy atom. The van der Waals surface area contributed by atoms with Gasteiger partial charge in [-0.05, 0) is 60.2 Å². The van der Waals surface area contributed by atoms with E-state index in [2.05, 4.69) is 9.97 Å². The average molecular weight is 454 g/mol. The van der Waals surface area contributed by atoms with Crippen LogP contribution in [-0.2, 0) is 11.5 Å². The van der Waals surface area contributed by atoms with Gasteiger partial charge in [0, 0.05) is 27.6 Å².